The molecule has 1 amide bonds. The average Bonchev–Trinajstić information content (AvgIpc) is 3.31. The minimum atomic E-state index is -0.282. The second-order valence-electron chi connectivity index (χ2n) is 6.52. The fourth-order valence-electron chi connectivity index (χ4n) is 2.81. The molecule has 3 aromatic rings. The Morgan fingerprint density at radius 2 is 1.96 bits per heavy atom. The van der Waals surface area contributed by atoms with E-state index in [1.54, 1.807) is 11.3 Å². The van der Waals surface area contributed by atoms with Gasteiger partial charge in [-0.25, -0.2) is 0 Å². The molecule has 0 unspecified atom stereocenters. The summed E-state index contributed by atoms with van der Waals surface area (Å²) in [6.45, 7) is 8.97. The Balaban J connectivity index is 1.74. The van der Waals surface area contributed by atoms with E-state index < -0.39 is 0 Å². The summed E-state index contributed by atoms with van der Waals surface area (Å²) in [4.78, 5) is 13.8. The summed E-state index contributed by atoms with van der Waals surface area (Å²) in [5.41, 5.74) is 2.01. The normalized spacial score (nSPS) is 12.3. The number of hydrogen-bond acceptors (Lipinski definition) is 5. The lowest BCUT2D eigenvalue weighted by molar-refractivity contribution is -0.115. The Kier molecular flexibility index (Phi) is 6.34. The van der Waals surface area contributed by atoms with E-state index in [0.717, 1.165) is 33.7 Å². The molecule has 1 aromatic carbocycles. The summed E-state index contributed by atoms with van der Waals surface area (Å²) in [7, 11) is 0. The van der Waals surface area contributed by atoms with E-state index in [4.69, 9.17) is 0 Å². The molecule has 0 fully saturated rings. The first-order valence-electron chi connectivity index (χ1n) is 9.04. The van der Waals surface area contributed by atoms with Crippen LogP contribution < -0.4 is 5.32 Å². The van der Waals surface area contributed by atoms with E-state index in [1.165, 1.54) is 11.8 Å². The number of nitrogens with zero attached hydrogens (tertiary/aromatic N) is 3. The van der Waals surface area contributed by atoms with Crippen LogP contribution in [0.5, 0.6) is 0 Å². The predicted octanol–water partition coefficient (Wildman–Crippen LogP) is 5.27. The molecule has 0 aliphatic heterocycles. The van der Waals surface area contributed by atoms with E-state index in [9.17, 15) is 4.79 Å². The zero-order valence-electron chi connectivity index (χ0n) is 16.0. The Hall–Kier alpha value is -2.12. The Morgan fingerprint density at radius 3 is 2.63 bits per heavy atom. The molecule has 0 aliphatic rings. The first-order valence-corrected chi connectivity index (χ1v) is 10.8. The Bertz CT molecular complexity index is 903. The fraction of sp³-hybridized carbons (Fsp3) is 0.350. The molecule has 27 heavy (non-hydrogen) atoms. The zero-order chi connectivity index (χ0) is 19.4. The topological polar surface area (TPSA) is 59.8 Å². The van der Waals surface area contributed by atoms with Gasteiger partial charge >= 0.3 is 0 Å². The van der Waals surface area contributed by atoms with Crippen LogP contribution in [0.3, 0.4) is 0 Å². The molecule has 0 radical (unpaired) electrons. The van der Waals surface area contributed by atoms with Crippen LogP contribution in [0.1, 0.15) is 39.2 Å². The van der Waals surface area contributed by atoms with Crippen LogP contribution in [-0.4, -0.2) is 25.9 Å². The molecule has 0 spiro atoms. The van der Waals surface area contributed by atoms with Crippen LogP contribution in [0.25, 0.3) is 10.7 Å². The summed E-state index contributed by atoms with van der Waals surface area (Å²) in [5, 5.41) is 14.2. The highest BCUT2D eigenvalue weighted by Gasteiger charge is 2.21. The Morgan fingerprint density at radius 1 is 1.19 bits per heavy atom. The van der Waals surface area contributed by atoms with Crippen molar-refractivity contribution in [3.05, 3.63) is 47.3 Å². The lowest BCUT2D eigenvalue weighted by atomic mass is 10.0. The van der Waals surface area contributed by atoms with Gasteiger partial charge in [-0.15, -0.1) is 21.5 Å². The molecule has 7 heteroatoms. The van der Waals surface area contributed by atoms with Gasteiger partial charge in [0.05, 0.1) is 10.1 Å². The van der Waals surface area contributed by atoms with E-state index >= 15 is 0 Å². The van der Waals surface area contributed by atoms with Crippen molar-refractivity contribution in [1.82, 2.24) is 14.8 Å². The lowest BCUT2D eigenvalue weighted by Gasteiger charge is -2.16. The van der Waals surface area contributed by atoms with Gasteiger partial charge in [0.2, 0.25) is 5.91 Å². The number of nitrogens with one attached hydrogen (secondary N) is 1. The van der Waals surface area contributed by atoms with Crippen LogP contribution in [-0.2, 0) is 11.3 Å². The molecule has 3 rings (SSSR count). The van der Waals surface area contributed by atoms with Crippen molar-refractivity contribution >= 4 is 34.7 Å². The summed E-state index contributed by atoms with van der Waals surface area (Å²) in [6.07, 6.45) is 0. The van der Waals surface area contributed by atoms with E-state index in [2.05, 4.69) is 46.9 Å². The minimum Gasteiger partial charge on any atom is -0.325 e. The third kappa shape index (κ3) is 4.42. The number of carbonyl (C=O) groups excluding carboxylic acids is 1. The van der Waals surface area contributed by atoms with Gasteiger partial charge in [-0.05, 0) is 42.8 Å². The summed E-state index contributed by atoms with van der Waals surface area (Å²) in [6, 6.07) is 12.0. The van der Waals surface area contributed by atoms with Crippen LogP contribution >= 0.6 is 23.1 Å². The van der Waals surface area contributed by atoms with Crippen LogP contribution in [0.15, 0.2) is 46.9 Å². The number of aromatic nitrogens is 3. The first kappa shape index (κ1) is 19.6. The predicted molar refractivity (Wildman–Crippen MR) is 113 cm³/mol. The standard InChI is InChI=1S/C20H24N4OS2/c1-5-24-18(17-11-8-12-26-17)22-23-20(24)27-14(4)19(25)21-16-10-7-6-9-15(16)13(2)3/h6-14H,5H2,1-4H3,(H,21,25)/t14-/m0/s1. The fourth-order valence-corrected chi connectivity index (χ4v) is 4.44. The van der Waals surface area contributed by atoms with Crippen molar-refractivity contribution in [1.29, 1.82) is 0 Å². The number of thiophene rings is 1. The van der Waals surface area contributed by atoms with Gasteiger partial charge in [0.1, 0.15) is 0 Å². The molecule has 0 saturated carbocycles. The van der Waals surface area contributed by atoms with Crippen molar-refractivity contribution in [3.63, 3.8) is 0 Å². The molecule has 1 N–H and O–H groups in total. The summed E-state index contributed by atoms with van der Waals surface area (Å²) in [5.74, 6) is 1.17. The zero-order valence-corrected chi connectivity index (χ0v) is 17.6. The molecular formula is C20H24N4OS2. The summed E-state index contributed by atoms with van der Waals surface area (Å²) < 4.78 is 2.06. The molecule has 0 saturated heterocycles. The number of thioether (sulfide) groups is 1. The van der Waals surface area contributed by atoms with Gasteiger partial charge in [-0.1, -0.05) is 49.9 Å². The second kappa shape index (κ2) is 8.71. The van der Waals surface area contributed by atoms with Gasteiger partial charge in [-0.3, -0.25) is 4.79 Å². The van der Waals surface area contributed by atoms with E-state index in [1.807, 2.05) is 42.6 Å². The maximum absolute atomic E-state index is 12.7. The number of anilines is 1. The number of rotatable bonds is 7. The second-order valence-corrected chi connectivity index (χ2v) is 8.77. The maximum atomic E-state index is 12.7. The molecule has 0 aliphatic carbocycles. The van der Waals surface area contributed by atoms with Crippen LogP contribution in [0, 0.1) is 0 Å². The van der Waals surface area contributed by atoms with Gasteiger partial charge in [0, 0.05) is 12.2 Å². The highest BCUT2D eigenvalue weighted by atomic mass is 32.2. The third-order valence-corrected chi connectivity index (χ3v) is 6.21. The number of carbonyl (C=O) groups is 1. The van der Waals surface area contributed by atoms with Crippen LogP contribution in [0.4, 0.5) is 5.69 Å². The van der Waals surface area contributed by atoms with Crippen molar-refractivity contribution in [2.24, 2.45) is 0 Å². The monoisotopic (exact) mass is 400 g/mol. The minimum absolute atomic E-state index is 0.0311. The molecule has 5 nitrogen and oxygen atoms in total. The molecule has 142 valence electrons. The number of benzene rings is 1. The molecule has 0 bridgehead atoms. The van der Waals surface area contributed by atoms with Gasteiger partial charge in [0.15, 0.2) is 11.0 Å². The molecule has 1 atom stereocenters. The van der Waals surface area contributed by atoms with E-state index in [0.29, 0.717) is 5.92 Å². The highest BCUT2D eigenvalue weighted by molar-refractivity contribution is 8.00. The summed E-state index contributed by atoms with van der Waals surface area (Å²) >= 11 is 3.07. The van der Waals surface area contributed by atoms with Gasteiger partial charge in [0.25, 0.3) is 0 Å². The van der Waals surface area contributed by atoms with Crippen molar-refractivity contribution in [2.45, 2.75) is 50.6 Å². The number of para-hydroxylation sites is 1. The van der Waals surface area contributed by atoms with Gasteiger partial charge < -0.3 is 9.88 Å². The molecule has 2 aromatic heterocycles. The SMILES string of the molecule is CCn1c(S[C@@H](C)C(=O)Nc2ccccc2C(C)C)nnc1-c1cccs1. The van der Waals surface area contributed by atoms with Gasteiger partial charge in [-0.2, -0.15) is 0 Å². The maximum Gasteiger partial charge on any atom is 0.237 e. The lowest BCUT2D eigenvalue weighted by Crippen LogP contribution is -2.23. The quantitative estimate of drug-likeness (QED) is 0.549. The molecule has 2 heterocycles. The largest absolute Gasteiger partial charge is 0.325 e. The van der Waals surface area contributed by atoms with Crippen LogP contribution in [0.2, 0.25) is 0 Å². The highest BCUT2D eigenvalue weighted by Crippen LogP contribution is 2.30. The van der Waals surface area contributed by atoms with E-state index in [-0.39, 0.29) is 11.2 Å². The number of hydrogen-bond donors (Lipinski definition) is 1. The number of amides is 1. The average molecular weight is 401 g/mol. The third-order valence-electron chi connectivity index (χ3n) is 4.27. The van der Waals surface area contributed by atoms with Crippen molar-refractivity contribution < 1.29 is 4.79 Å². The van der Waals surface area contributed by atoms with Crippen molar-refractivity contribution in [3.8, 4) is 10.7 Å². The molecular weight excluding hydrogens is 376 g/mol. The first-order chi connectivity index (χ1) is 13.0. The smallest absolute Gasteiger partial charge is 0.237 e. The Labute approximate surface area is 168 Å². The van der Waals surface area contributed by atoms with Crippen molar-refractivity contribution in [2.75, 3.05) is 5.32 Å².